The zero-order valence-corrected chi connectivity index (χ0v) is 22.9. The summed E-state index contributed by atoms with van der Waals surface area (Å²) in [7, 11) is 0. The molecule has 1 amide bonds. The topological polar surface area (TPSA) is 124 Å². The molecule has 0 bridgehead atoms. The number of rotatable bonds is 10. The van der Waals surface area contributed by atoms with E-state index in [0.29, 0.717) is 49.2 Å². The van der Waals surface area contributed by atoms with Crippen LogP contribution in [0.1, 0.15) is 23.5 Å². The molecule has 1 aliphatic heterocycles. The van der Waals surface area contributed by atoms with Gasteiger partial charge in [0.15, 0.2) is 0 Å². The van der Waals surface area contributed by atoms with Crippen LogP contribution in [0.5, 0.6) is 0 Å². The lowest BCUT2D eigenvalue weighted by molar-refractivity contribution is 0.00458. The Kier molecular flexibility index (Phi) is 8.18. The maximum absolute atomic E-state index is 13.1. The van der Waals surface area contributed by atoms with E-state index in [9.17, 15) is 10.1 Å². The van der Waals surface area contributed by atoms with Crippen molar-refractivity contribution in [1.29, 1.82) is 5.26 Å². The summed E-state index contributed by atoms with van der Waals surface area (Å²) in [5.41, 5.74) is 3.15. The molecule has 3 N–H and O–H groups in total. The predicted molar refractivity (Wildman–Crippen MR) is 153 cm³/mol. The second-order valence-electron chi connectivity index (χ2n) is 9.89. The molecule has 0 saturated carbocycles. The molecule has 0 spiro atoms. The zero-order chi connectivity index (χ0) is 27.2. The maximum Gasteiger partial charge on any atom is 0.268 e. The van der Waals surface area contributed by atoms with Gasteiger partial charge in [-0.25, -0.2) is 4.98 Å². The van der Waals surface area contributed by atoms with E-state index in [1.54, 1.807) is 12.4 Å². The Morgan fingerprint density at radius 1 is 1.26 bits per heavy atom. The van der Waals surface area contributed by atoms with Gasteiger partial charge in [0.2, 0.25) is 5.95 Å². The van der Waals surface area contributed by atoms with Gasteiger partial charge in [0.05, 0.1) is 41.4 Å². The largest absolute Gasteiger partial charge is 0.379 e. The molecule has 4 aromatic rings. The SMILES string of the molecule is CC(C)(C=C(C#N)CNCCn1c(NC(=O)c2ccc(-c3cn[nH]c3)s2)nc2ccccc21)N1CCOCC1. The number of hydrogen-bond acceptors (Lipinski definition) is 8. The summed E-state index contributed by atoms with van der Waals surface area (Å²) in [4.78, 5) is 21.7. The Morgan fingerprint density at radius 2 is 2.08 bits per heavy atom. The van der Waals surface area contributed by atoms with Gasteiger partial charge in [-0.15, -0.1) is 11.3 Å². The standard InChI is InChI=1S/C28H32N8O2S/c1-28(2,35-11-13-38-14-12-35)15-20(16-29)17-30-9-10-36-23-6-4-3-5-22(23)33-27(36)34-26(37)25-8-7-24(39-25)21-18-31-32-19-21/h3-8,15,18-19,30H,9-14,17H2,1-2H3,(H,31,32)(H,33,34,37). The fraction of sp³-hybridized carbons (Fsp3) is 0.357. The highest BCUT2D eigenvalue weighted by Gasteiger charge is 2.26. The van der Waals surface area contributed by atoms with E-state index in [0.717, 1.165) is 34.6 Å². The van der Waals surface area contributed by atoms with E-state index in [2.05, 4.69) is 50.6 Å². The van der Waals surface area contributed by atoms with Crippen LogP contribution < -0.4 is 10.6 Å². The van der Waals surface area contributed by atoms with Gasteiger partial charge < -0.3 is 14.6 Å². The Hall–Kier alpha value is -3.82. The number of thiophene rings is 1. The van der Waals surface area contributed by atoms with Gasteiger partial charge in [0.1, 0.15) is 0 Å². The summed E-state index contributed by atoms with van der Waals surface area (Å²) in [6, 6.07) is 13.9. The van der Waals surface area contributed by atoms with Crippen molar-refractivity contribution in [2.24, 2.45) is 0 Å². The first kappa shape index (κ1) is 26.8. The number of nitriles is 1. The van der Waals surface area contributed by atoms with Crippen LogP contribution in [0, 0.1) is 11.3 Å². The monoisotopic (exact) mass is 544 g/mol. The number of H-pyrrole nitrogens is 1. The van der Waals surface area contributed by atoms with Crippen LogP contribution in [0.4, 0.5) is 5.95 Å². The van der Waals surface area contributed by atoms with Crippen LogP contribution in [-0.2, 0) is 11.3 Å². The van der Waals surface area contributed by atoms with Crippen LogP contribution in [0.15, 0.2) is 60.4 Å². The molecule has 3 aromatic heterocycles. The molecule has 1 fully saturated rings. The minimum atomic E-state index is -0.228. The van der Waals surface area contributed by atoms with Crippen molar-refractivity contribution >= 4 is 34.2 Å². The number of benzene rings is 1. The van der Waals surface area contributed by atoms with E-state index in [1.807, 2.05) is 47.0 Å². The summed E-state index contributed by atoms with van der Waals surface area (Å²) >= 11 is 1.40. The highest BCUT2D eigenvalue weighted by atomic mass is 32.1. The van der Waals surface area contributed by atoms with E-state index in [-0.39, 0.29) is 11.4 Å². The Morgan fingerprint density at radius 3 is 2.85 bits per heavy atom. The molecule has 1 aliphatic rings. The molecule has 11 heteroatoms. The third-order valence-corrected chi connectivity index (χ3v) is 7.95. The lowest BCUT2D eigenvalue weighted by atomic mass is 9.98. The van der Waals surface area contributed by atoms with Crippen molar-refractivity contribution in [1.82, 2.24) is 30.0 Å². The number of nitrogens with zero attached hydrogens (tertiary/aromatic N) is 5. The summed E-state index contributed by atoms with van der Waals surface area (Å²) in [5.74, 6) is 0.282. The number of aromatic nitrogens is 4. The highest BCUT2D eigenvalue weighted by Crippen LogP contribution is 2.28. The van der Waals surface area contributed by atoms with Crippen molar-refractivity contribution in [3.63, 3.8) is 0 Å². The van der Waals surface area contributed by atoms with Crippen LogP contribution in [0.2, 0.25) is 0 Å². The number of ether oxygens (including phenoxy) is 1. The fourth-order valence-corrected chi connectivity index (χ4v) is 5.64. The number of amides is 1. The first-order valence-corrected chi connectivity index (χ1v) is 13.8. The molecule has 202 valence electrons. The van der Waals surface area contributed by atoms with E-state index >= 15 is 0 Å². The quantitative estimate of drug-likeness (QED) is 0.204. The summed E-state index contributed by atoms with van der Waals surface area (Å²) in [5, 5.41) is 22.9. The minimum Gasteiger partial charge on any atom is -0.379 e. The number of carbonyl (C=O) groups is 1. The summed E-state index contributed by atoms with van der Waals surface area (Å²) < 4.78 is 7.47. The van der Waals surface area contributed by atoms with Crippen LogP contribution in [0.3, 0.4) is 0 Å². The number of fused-ring (bicyclic) bond motifs is 1. The molecule has 1 aromatic carbocycles. The number of morpholine rings is 1. The first-order valence-electron chi connectivity index (χ1n) is 13.0. The van der Waals surface area contributed by atoms with Gasteiger partial charge in [-0.3, -0.25) is 20.1 Å². The minimum absolute atomic E-state index is 0.209. The molecular weight excluding hydrogens is 512 g/mol. The van der Waals surface area contributed by atoms with E-state index < -0.39 is 0 Å². The van der Waals surface area contributed by atoms with Crippen molar-refractivity contribution in [2.45, 2.75) is 25.9 Å². The average molecular weight is 545 g/mol. The molecule has 39 heavy (non-hydrogen) atoms. The lowest BCUT2D eigenvalue weighted by Crippen LogP contribution is -2.49. The second kappa shape index (κ2) is 11.9. The first-order chi connectivity index (χ1) is 18.9. The van der Waals surface area contributed by atoms with Crippen molar-refractivity contribution < 1.29 is 9.53 Å². The van der Waals surface area contributed by atoms with Crippen molar-refractivity contribution in [2.75, 3.05) is 44.7 Å². The predicted octanol–water partition coefficient (Wildman–Crippen LogP) is 3.89. The molecular formula is C28H32N8O2S. The molecule has 0 aliphatic carbocycles. The number of para-hydroxylation sites is 2. The van der Waals surface area contributed by atoms with E-state index in [4.69, 9.17) is 4.74 Å². The van der Waals surface area contributed by atoms with Gasteiger partial charge in [-0.2, -0.15) is 10.4 Å². The van der Waals surface area contributed by atoms with Crippen molar-refractivity contribution in [3.8, 4) is 16.5 Å². The zero-order valence-electron chi connectivity index (χ0n) is 22.1. The number of nitrogens with one attached hydrogen (secondary N) is 3. The summed E-state index contributed by atoms with van der Waals surface area (Å²) in [6.07, 6.45) is 5.58. The van der Waals surface area contributed by atoms with Gasteiger partial charge in [0, 0.05) is 60.5 Å². The molecule has 0 radical (unpaired) electrons. The molecule has 1 saturated heterocycles. The fourth-order valence-electron chi connectivity index (χ4n) is 4.76. The summed E-state index contributed by atoms with van der Waals surface area (Å²) in [6.45, 7) is 9.05. The Balaban J connectivity index is 1.25. The average Bonchev–Trinajstić information content (AvgIpc) is 3.71. The third-order valence-electron chi connectivity index (χ3n) is 6.82. The maximum atomic E-state index is 13.1. The number of imidazole rings is 1. The lowest BCUT2D eigenvalue weighted by Gasteiger charge is -2.39. The smallest absolute Gasteiger partial charge is 0.268 e. The number of aromatic amines is 1. The number of hydrogen-bond donors (Lipinski definition) is 3. The van der Waals surface area contributed by atoms with Crippen LogP contribution in [0.25, 0.3) is 21.5 Å². The second-order valence-corrected chi connectivity index (χ2v) is 11.0. The van der Waals surface area contributed by atoms with Gasteiger partial charge in [-0.05, 0) is 44.2 Å². The Labute approximate surface area is 231 Å². The highest BCUT2D eigenvalue weighted by molar-refractivity contribution is 7.17. The molecule has 10 nitrogen and oxygen atoms in total. The third kappa shape index (κ3) is 6.26. The van der Waals surface area contributed by atoms with Crippen LogP contribution >= 0.6 is 11.3 Å². The van der Waals surface area contributed by atoms with Gasteiger partial charge in [0.25, 0.3) is 5.91 Å². The molecule has 5 rings (SSSR count). The number of carbonyl (C=O) groups excluding carboxylic acids is 1. The molecule has 4 heterocycles. The Bertz CT molecular complexity index is 1490. The van der Waals surface area contributed by atoms with Gasteiger partial charge >= 0.3 is 0 Å². The van der Waals surface area contributed by atoms with Crippen LogP contribution in [-0.4, -0.2) is 75.5 Å². The van der Waals surface area contributed by atoms with E-state index in [1.165, 1.54) is 11.3 Å². The number of anilines is 1. The van der Waals surface area contributed by atoms with Gasteiger partial charge in [-0.1, -0.05) is 12.1 Å². The molecule has 0 unspecified atom stereocenters. The normalized spacial score (nSPS) is 14.9. The van der Waals surface area contributed by atoms with Crippen molar-refractivity contribution in [3.05, 3.63) is 65.3 Å². The molecule has 0 atom stereocenters.